The third-order valence-corrected chi connectivity index (χ3v) is 7.98. The summed E-state index contributed by atoms with van der Waals surface area (Å²) in [5.74, 6) is 0. The summed E-state index contributed by atoms with van der Waals surface area (Å²) in [4.78, 5) is 13.4. The maximum absolute atomic E-state index is 2.80. The van der Waals surface area contributed by atoms with E-state index in [0.29, 0.717) is 5.54 Å². The molecule has 0 saturated carbocycles. The molecule has 3 aliphatic rings. The van der Waals surface area contributed by atoms with Gasteiger partial charge in [0.2, 0.25) is 0 Å². The van der Waals surface area contributed by atoms with Crippen molar-refractivity contribution >= 4 is 0 Å². The molecule has 2 atom stereocenters. The molecule has 5 nitrogen and oxygen atoms in total. The Morgan fingerprint density at radius 2 is 1.55 bits per heavy atom. The van der Waals surface area contributed by atoms with Gasteiger partial charge in [0, 0.05) is 69.5 Å². The van der Waals surface area contributed by atoms with Crippen LogP contribution in [0.1, 0.15) is 59.8 Å². The van der Waals surface area contributed by atoms with Crippen molar-refractivity contribution in [3.05, 3.63) is 0 Å². The lowest BCUT2D eigenvalue weighted by Crippen LogP contribution is -2.55. The van der Waals surface area contributed by atoms with Crippen molar-refractivity contribution in [1.29, 1.82) is 0 Å². The van der Waals surface area contributed by atoms with Crippen molar-refractivity contribution in [2.45, 2.75) is 83.5 Å². The molecular formula is C24H49N5. The summed E-state index contributed by atoms with van der Waals surface area (Å²) < 4.78 is 0. The molecule has 3 aliphatic heterocycles. The minimum Gasteiger partial charge on any atom is -0.305 e. The Bertz CT molecular complexity index is 472. The molecular weight excluding hydrogens is 358 g/mol. The fourth-order valence-electron chi connectivity index (χ4n) is 5.61. The molecule has 29 heavy (non-hydrogen) atoms. The lowest BCUT2D eigenvalue weighted by atomic mass is 9.96. The van der Waals surface area contributed by atoms with Crippen molar-refractivity contribution in [1.82, 2.24) is 24.5 Å². The van der Waals surface area contributed by atoms with E-state index in [1.54, 1.807) is 0 Å². The highest BCUT2D eigenvalue weighted by atomic mass is 15.3. The zero-order valence-corrected chi connectivity index (χ0v) is 20.4. The van der Waals surface area contributed by atoms with Crippen LogP contribution in [-0.4, -0.2) is 121 Å². The van der Waals surface area contributed by atoms with E-state index in [2.05, 4.69) is 66.3 Å². The van der Waals surface area contributed by atoms with Gasteiger partial charge in [0.15, 0.2) is 0 Å². The Kier molecular flexibility index (Phi) is 8.42. The normalized spacial score (nSPS) is 28.9. The maximum atomic E-state index is 2.80. The Balaban J connectivity index is 1.34. The first kappa shape index (κ1) is 23.5. The van der Waals surface area contributed by atoms with Crippen molar-refractivity contribution in [2.24, 2.45) is 0 Å². The van der Waals surface area contributed by atoms with Crippen LogP contribution in [0.3, 0.4) is 0 Å². The van der Waals surface area contributed by atoms with E-state index in [1.807, 2.05) is 0 Å². The number of likely N-dealkylation sites (tertiary alicyclic amines) is 2. The highest BCUT2D eigenvalue weighted by Gasteiger charge is 2.31. The fraction of sp³-hybridized carbons (Fsp3) is 1.00. The van der Waals surface area contributed by atoms with Crippen LogP contribution in [0.25, 0.3) is 0 Å². The van der Waals surface area contributed by atoms with Crippen LogP contribution in [0.5, 0.6) is 0 Å². The smallest absolute Gasteiger partial charge is 0.0217 e. The quantitative estimate of drug-likeness (QED) is 0.671. The second kappa shape index (κ2) is 10.4. The molecule has 0 aromatic rings. The third kappa shape index (κ3) is 6.64. The molecule has 3 heterocycles. The monoisotopic (exact) mass is 407 g/mol. The first-order valence-corrected chi connectivity index (χ1v) is 12.4. The number of piperazine rings is 1. The summed E-state index contributed by atoms with van der Waals surface area (Å²) in [6.45, 7) is 21.0. The molecule has 3 saturated heterocycles. The number of hydrogen-bond donors (Lipinski definition) is 0. The number of piperidine rings is 2. The number of rotatable bonds is 6. The summed E-state index contributed by atoms with van der Waals surface area (Å²) in [5, 5.41) is 0. The third-order valence-electron chi connectivity index (χ3n) is 7.98. The second-order valence-corrected chi connectivity index (χ2v) is 11.2. The molecule has 3 fully saturated rings. The molecule has 0 aromatic heterocycles. The highest BCUT2D eigenvalue weighted by Crippen LogP contribution is 2.24. The second-order valence-electron chi connectivity index (χ2n) is 11.2. The van der Waals surface area contributed by atoms with Gasteiger partial charge in [-0.15, -0.1) is 0 Å². The van der Waals surface area contributed by atoms with Gasteiger partial charge in [-0.1, -0.05) is 0 Å². The Morgan fingerprint density at radius 1 is 0.897 bits per heavy atom. The summed E-state index contributed by atoms with van der Waals surface area (Å²) in [5.41, 5.74) is 0.335. The Labute approximate surface area is 181 Å². The van der Waals surface area contributed by atoms with Gasteiger partial charge in [-0.2, -0.15) is 0 Å². The average Bonchev–Trinajstić information content (AvgIpc) is 2.72. The fourth-order valence-corrected chi connectivity index (χ4v) is 5.61. The van der Waals surface area contributed by atoms with Crippen LogP contribution in [0, 0.1) is 0 Å². The molecule has 3 rings (SSSR count). The van der Waals surface area contributed by atoms with Crippen LogP contribution < -0.4 is 0 Å². The van der Waals surface area contributed by atoms with Gasteiger partial charge in [0.25, 0.3) is 0 Å². The molecule has 0 amide bonds. The topological polar surface area (TPSA) is 16.2 Å². The molecule has 0 aliphatic carbocycles. The first-order valence-electron chi connectivity index (χ1n) is 12.4. The molecule has 5 heteroatoms. The maximum Gasteiger partial charge on any atom is 0.0217 e. The lowest BCUT2D eigenvalue weighted by molar-refractivity contribution is 0.0295. The highest BCUT2D eigenvalue weighted by molar-refractivity contribution is 4.88. The van der Waals surface area contributed by atoms with Crippen LogP contribution in [0.15, 0.2) is 0 Å². The van der Waals surface area contributed by atoms with Crippen LogP contribution >= 0.6 is 0 Å². The van der Waals surface area contributed by atoms with Crippen molar-refractivity contribution < 1.29 is 0 Å². The zero-order chi connectivity index (χ0) is 21.0. The van der Waals surface area contributed by atoms with Gasteiger partial charge in [0.1, 0.15) is 0 Å². The minimum absolute atomic E-state index is 0.335. The van der Waals surface area contributed by atoms with E-state index in [4.69, 9.17) is 0 Å². The van der Waals surface area contributed by atoms with E-state index in [-0.39, 0.29) is 0 Å². The number of likely N-dealkylation sites (N-methyl/N-ethyl adjacent to an activating group) is 1. The van der Waals surface area contributed by atoms with E-state index in [1.165, 1.54) is 91.0 Å². The van der Waals surface area contributed by atoms with Gasteiger partial charge in [-0.3, -0.25) is 14.7 Å². The SMILES string of the molecule is CC(CCN1CCN(C2CCN(C(C)(C)C)CC2)CC1)N1CCCC(N(C)C)C1. The van der Waals surface area contributed by atoms with Gasteiger partial charge >= 0.3 is 0 Å². The summed E-state index contributed by atoms with van der Waals surface area (Å²) in [6.07, 6.45) is 6.77. The predicted octanol–water partition coefficient (Wildman–Crippen LogP) is 2.67. The number of hydrogen-bond acceptors (Lipinski definition) is 5. The van der Waals surface area contributed by atoms with E-state index in [9.17, 15) is 0 Å². The molecule has 0 aromatic carbocycles. The molecule has 0 spiro atoms. The molecule has 0 radical (unpaired) electrons. The number of nitrogens with zero attached hydrogens (tertiary/aromatic N) is 5. The van der Waals surface area contributed by atoms with Gasteiger partial charge in [-0.25, -0.2) is 0 Å². The Hall–Kier alpha value is -0.200. The van der Waals surface area contributed by atoms with Crippen molar-refractivity contribution in [3.8, 4) is 0 Å². The molecule has 170 valence electrons. The van der Waals surface area contributed by atoms with Gasteiger partial charge in [-0.05, 0) is 87.0 Å². The van der Waals surface area contributed by atoms with Crippen LogP contribution in [-0.2, 0) is 0 Å². The molecule has 2 unspecified atom stereocenters. The standard InChI is InChI=1S/C24H49N5/c1-21(28-12-7-8-23(20-28)25(5)6)9-13-26-16-18-27(19-17-26)22-10-14-29(15-11-22)24(2,3)4/h21-23H,7-20H2,1-6H3. The van der Waals surface area contributed by atoms with E-state index in [0.717, 1.165) is 18.1 Å². The summed E-state index contributed by atoms with van der Waals surface area (Å²) in [6, 6.07) is 2.29. The van der Waals surface area contributed by atoms with Gasteiger partial charge in [0.05, 0.1) is 0 Å². The van der Waals surface area contributed by atoms with Crippen molar-refractivity contribution in [3.63, 3.8) is 0 Å². The largest absolute Gasteiger partial charge is 0.305 e. The van der Waals surface area contributed by atoms with E-state index >= 15 is 0 Å². The minimum atomic E-state index is 0.335. The first-order chi connectivity index (χ1) is 13.7. The summed E-state index contributed by atoms with van der Waals surface area (Å²) >= 11 is 0. The lowest BCUT2D eigenvalue weighted by Gasteiger charge is -2.46. The molecule has 0 N–H and O–H groups in total. The van der Waals surface area contributed by atoms with E-state index < -0.39 is 0 Å². The Morgan fingerprint density at radius 3 is 2.14 bits per heavy atom. The zero-order valence-electron chi connectivity index (χ0n) is 20.4. The predicted molar refractivity (Wildman–Crippen MR) is 125 cm³/mol. The summed E-state index contributed by atoms with van der Waals surface area (Å²) in [7, 11) is 4.48. The average molecular weight is 408 g/mol. The van der Waals surface area contributed by atoms with Crippen molar-refractivity contribution in [2.75, 3.05) is 73.0 Å². The van der Waals surface area contributed by atoms with Gasteiger partial charge < -0.3 is 9.80 Å². The van der Waals surface area contributed by atoms with Crippen LogP contribution in [0.2, 0.25) is 0 Å². The van der Waals surface area contributed by atoms with Crippen LogP contribution in [0.4, 0.5) is 0 Å². The molecule has 0 bridgehead atoms.